The van der Waals surface area contributed by atoms with Gasteiger partial charge in [-0.15, -0.1) is 0 Å². The number of hydrogen-bond donors (Lipinski definition) is 3. The molecular formula is C27H32N5O9P. The smallest absolute Gasteiger partial charge is 0.330 e. The third-order valence-electron chi connectivity index (χ3n) is 6.58. The Balaban J connectivity index is 1.50. The molecule has 0 bridgehead atoms. The Bertz CT molecular complexity index is 1560. The maximum Gasteiger partial charge on any atom is 0.330 e. The van der Waals surface area contributed by atoms with Crippen molar-refractivity contribution in [1.29, 1.82) is 5.26 Å². The number of nitrogens with zero attached hydrogens (tertiary/aromatic N) is 2. The van der Waals surface area contributed by atoms with Crippen molar-refractivity contribution < 1.29 is 32.8 Å². The molecule has 2 aromatic heterocycles. The highest BCUT2D eigenvalue weighted by atomic mass is 31.2. The van der Waals surface area contributed by atoms with E-state index in [0.29, 0.717) is 5.56 Å². The highest BCUT2D eigenvalue weighted by molar-refractivity contribution is 7.45. The van der Waals surface area contributed by atoms with E-state index in [4.69, 9.17) is 28.5 Å². The van der Waals surface area contributed by atoms with E-state index >= 15 is 0 Å². The summed E-state index contributed by atoms with van der Waals surface area (Å²) in [6.07, 6.45) is 1.25. The first-order valence-electron chi connectivity index (χ1n) is 13.2. The Morgan fingerprint density at radius 1 is 1.29 bits per heavy atom. The maximum atomic E-state index is 12.8. The number of carbonyl (C=O) groups excluding carboxylic acids is 2. The zero-order valence-electron chi connectivity index (χ0n) is 23.3. The van der Waals surface area contributed by atoms with E-state index < -0.39 is 56.2 Å². The van der Waals surface area contributed by atoms with Crippen molar-refractivity contribution in [2.45, 2.75) is 57.6 Å². The number of nitriles is 1. The number of methoxy groups -OCH3 is 1. The second-order valence-corrected chi connectivity index (χ2v) is 10.8. The molecule has 1 unspecified atom stereocenters. The number of H-pyrrole nitrogens is 2. The molecule has 3 N–H and O–H groups in total. The van der Waals surface area contributed by atoms with E-state index in [1.54, 1.807) is 6.92 Å². The van der Waals surface area contributed by atoms with Gasteiger partial charge >= 0.3 is 17.6 Å². The van der Waals surface area contributed by atoms with Crippen molar-refractivity contribution in [2.75, 3.05) is 20.3 Å². The lowest BCUT2D eigenvalue weighted by Gasteiger charge is -2.25. The minimum Gasteiger partial charge on any atom is -0.468 e. The summed E-state index contributed by atoms with van der Waals surface area (Å²) in [6.45, 7) is 2.70. The molecule has 3 aromatic rings. The Morgan fingerprint density at radius 3 is 2.81 bits per heavy atom. The average molecular weight is 602 g/mol. The lowest BCUT2D eigenvalue weighted by molar-refractivity contribution is -0.150. The van der Waals surface area contributed by atoms with E-state index in [1.165, 1.54) is 24.8 Å². The molecule has 4 rings (SSSR count). The van der Waals surface area contributed by atoms with Crippen molar-refractivity contribution in [1.82, 2.24) is 19.6 Å². The molecule has 1 aromatic carbocycles. The van der Waals surface area contributed by atoms with Crippen LogP contribution in [0.4, 0.5) is 0 Å². The molecule has 1 aliphatic heterocycles. The van der Waals surface area contributed by atoms with Gasteiger partial charge in [-0.05, 0) is 18.6 Å². The summed E-state index contributed by atoms with van der Waals surface area (Å²) in [5.41, 5.74) is 0.926. The number of fused-ring (bicyclic) bond motifs is 1. The van der Waals surface area contributed by atoms with Gasteiger partial charge in [0, 0.05) is 48.6 Å². The first kappa shape index (κ1) is 31.1. The molecule has 0 aliphatic carbocycles. The van der Waals surface area contributed by atoms with Gasteiger partial charge in [0.15, 0.2) is 0 Å². The zero-order valence-corrected chi connectivity index (χ0v) is 24.2. The van der Waals surface area contributed by atoms with Crippen LogP contribution in [0.1, 0.15) is 37.1 Å². The molecule has 1 saturated heterocycles. The number of aryl methyl sites for hydroxylation is 1. The van der Waals surface area contributed by atoms with Crippen molar-refractivity contribution in [3.05, 3.63) is 68.6 Å². The van der Waals surface area contributed by atoms with Gasteiger partial charge in [0.1, 0.15) is 24.5 Å². The van der Waals surface area contributed by atoms with Gasteiger partial charge in [-0.3, -0.25) is 23.9 Å². The van der Waals surface area contributed by atoms with Gasteiger partial charge in [-0.2, -0.15) is 5.26 Å². The Morgan fingerprint density at radius 2 is 2.07 bits per heavy atom. The number of hydrogen-bond acceptors (Lipinski definition) is 11. The maximum absolute atomic E-state index is 12.8. The van der Waals surface area contributed by atoms with Crippen molar-refractivity contribution in [3.63, 3.8) is 0 Å². The monoisotopic (exact) mass is 601 g/mol. The van der Waals surface area contributed by atoms with Gasteiger partial charge in [0.25, 0.3) is 14.1 Å². The summed E-state index contributed by atoms with van der Waals surface area (Å²) in [6, 6.07) is 8.82. The molecule has 224 valence electrons. The number of aromatic nitrogens is 3. The fourth-order valence-corrected chi connectivity index (χ4v) is 5.77. The standard InChI is InChI=1S/C27H32N5O9P/c1-16-14-32(27(36)30-25(16)34)24-12-22(40-17(2)33)23(41-24)15-39-42(38-10-6-9-28)31-21(26(35)37-3)11-18-13-29-20-8-5-4-7-19(18)20/h4-5,7-8,13-14,21-24,29,31H,6,10-12,15H2,1-3H3,(H,30,34,36)/t21-,22-,23+,24+,42?/m0/s1. The Hall–Kier alpha value is -3.86. The number of nitrogens with one attached hydrogen (secondary N) is 3. The molecule has 5 atom stereocenters. The fraction of sp³-hybridized carbons (Fsp3) is 0.444. The van der Waals surface area contributed by atoms with Crippen LogP contribution in [0.2, 0.25) is 0 Å². The van der Waals surface area contributed by atoms with E-state index in [1.807, 2.05) is 36.5 Å². The molecule has 0 saturated carbocycles. The van der Waals surface area contributed by atoms with E-state index in [9.17, 15) is 19.2 Å². The average Bonchev–Trinajstić information content (AvgIpc) is 3.56. The molecule has 0 radical (unpaired) electrons. The summed E-state index contributed by atoms with van der Waals surface area (Å²) >= 11 is 0. The molecule has 0 amide bonds. The molecule has 3 heterocycles. The van der Waals surface area contributed by atoms with E-state index in [-0.39, 0.29) is 32.5 Å². The van der Waals surface area contributed by atoms with E-state index in [0.717, 1.165) is 16.5 Å². The number of benzene rings is 1. The summed E-state index contributed by atoms with van der Waals surface area (Å²) in [7, 11) is -0.683. The topological polar surface area (TPSA) is 187 Å². The molecular weight excluding hydrogens is 569 g/mol. The first-order valence-corrected chi connectivity index (χ1v) is 14.3. The van der Waals surface area contributed by atoms with Crippen LogP contribution in [-0.4, -0.2) is 65.0 Å². The van der Waals surface area contributed by atoms with Crippen molar-refractivity contribution in [3.8, 4) is 6.07 Å². The predicted molar refractivity (Wildman–Crippen MR) is 150 cm³/mol. The van der Waals surface area contributed by atoms with Crippen LogP contribution >= 0.6 is 8.53 Å². The van der Waals surface area contributed by atoms with Crippen LogP contribution in [-0.2, 0) is 39.3 Å². The normalized spacial score (nSPS) is 19.7. The van der Waals surface area contributed by atoms with Crippen molar-refractivity contribution in [2.24, 2.45) is 0 Å². The minimum atomic E-state index is -1.96. The van der Waals surface area contributed by atoms with Crippen molar-refractivity contribution >= 4 is 31.4 Å². The molecule has 1 aliphatic rings. The second-order valence-electron chi connectivity index (χ2n) is 9.55. The summed E-state index contributed by atoms with van der Waals surface area (Å²) in [5.74, 6) is -1.09. The number of carbonyl (C=O) groups is 2. The lowest BCUT2D eigenvalue weighted by atomic mass is 10.1. The Labute approximate surface area is 241 Å². The van der Waals surface area contributed by atoms with Crippen LogP contribution in [0.25, 0.3) is 10.9 Å². The number of aromatic amines is 2. The number of esters is 2. The largest absolute Gasteiger partial charge is 0.468 e. The molecule has 1 fully saturated rings. The minimum absolute atomic E-state index is 0.0315. The van der Waals surface area contributed by atoms with Crippen LogP contribution in [0, 0.1) is 18.3 Å². The number of para-hydroxylation sites is 1. The predicted octanol–water partition coefficient (Wildman–Crippen LogP) is 2.09. The van der Waals surface area contributed by atoms with Gasteiger partial charge in [0.05, 0.1) is 32.8 Å². The molecule has 15 heteroatoms. The highest BCUT2D eigenvalue weighted by Gasteiger charge is 2.40. The van der Waals surface area contributed by atoms with Gasteiger partial charge in [-0.25, -0.2) is 9.88 Å². The second kappa shape index (κ2) is 14.4. The number of ether oxygens (including phenoxy) is 3. The van der Waals surface area contributed by atoms with Gasteiger partial charge in [0.2, 0.25) is 0 Å². The first-order chi connectivity index (χ1) is 20.2. The Kier molecular flexibility index (Phi) is 10.6. The molecule has 42 heavy (non-hydrogen) atoms. The molecule has 0 spiro atoms. The highest BCUT2D eigenvalue weighted by Crippen LogP contribution is 2.38. The van der Waals surface area contributed by atoms with Crippen LogP contribution in [0.3, 0.4) is 0 Å². The fourth-order valence-electron chi connectivity index (χ4n) is 4.56. The third kappa shape index (κ3) is 7.70. The van der Waals surface area contributed by atoms with Crippen LogP contribution in [0.15, 0.2) is 46.2 Å². The quantitative estimate of drug-likeness (QED) is 0.148. The third-order valence-corrected chi connectivity index (χ3v) is 7.90. The lowest BCUT2D eigenvalue weighted by Crippen LogP contribution is -2.38. The summed E-state index contributed by atoms with van der Waals surface area (Å²) < 4.78 is 29.5. The zero-order chi connectivity index (χ0) is 30.2. The number of rotatable bonds is 13. The SMILES string of the molecule is COC(=O)[C@H](Cc1c[nH]c2ccccc12)NP(OCCC#N)OC[C@H]1O[C@@H](n2cc(C)c(=O)[nH]c2=O)C[C@@H]1OC(C)=O. The van der Waals surface area contributed by atoms with Crippen LogP contribution < -0.4 is 16.3 Å². The van der Waals surface area contributed by atoms with Gasteiger partial charge in [-0.1, -0.05) is 18.2 Å². The van der Waals surface area contributed by atoms with Crippen LogP contribution in [0.5, 0.6) is 0 Å². The van der Waals surface area contributed by atoms with Gasteiger partial charge < -0.3 is 28.2 Å². The molecule has 14 nitrogen and oxygen atoms in total. The summed E-state index contributed by atoms with van der Waals surface area (Å²) in [5, 5.41) is 13.0. The summed E-state index contributed by atoms with van der Waals surface area (Å²) in [4.78, 5) is 54.3. The van der Waals surface area contributed by atoms with E-state index in [2.05, 4.69) is 15.1 Å².